The van der Waals surface area contributed by atoms with Gasteiger partial charge in [0.1, 0.15) is 0 Å². The number of rotatable bonds is 8. The van der Waals surface area contributed by atoms with Crippen molar-refractivity contribution in [2.24, 2.45) is 0 Å². The lowest BCUT2D eigenvalue weighted by atomic mass is 10.1. The first-order chi connectivity index (χ1) is 13.8. The molecule has 0 bridgehead atoms. The van der Waals surface area contributed by atoms with Crippen molar-refractivity contribution in [2.45, 2.75) is 27.7 Å². The highest BCUT2D eigenvalue weighted by molar-refractivity contribution is 5.95. The highest BCUT2D eigenvalue weighted by Crippen LogP contribution is 2.15. The Bertz CT molecular complexity index is 878. The highest BCUT2D eigenvalue weighted by atomic mass is 16.2. The number of aryl methyl sites for hydroxylation is 2. The van der Waals surface area contributed by atoms with Crippen molar-refractivity contribution in [2.75, 3.05) is 35.6 Å². The number of nitrogens with one attached hydrogen (secondary N) is 3. The maximum Gasteiger partial charge on any atom is 0.238 e. The summed E-state index contributed by atoms with van der Waals surface area (Å²) in [5.41, 5.74) is 4.31. The number of anilines is 3. The molecule has 0 heterocycles. The van der Waals surface area contributed by atoms with Crippen molar-refractivity contribution in [1.29, 1.82) is 0 Å². The van der Waals surface area contributed by atoms with Gasteiger partial charge in [-0.2, -0.15) is 0 Å². The normalized spacial score (nSPS) is 10.5. The van der Waals surface area contributed by atoms with E-state index in [1.807, 2.05) is 39.0 Å². The first kappa shape index (κ1) is 22.1. The molecule has 0 fully saturated rings. The van der Waals surface area contributed by atoms with E-state index in [0.29, 0.717) is 17.9 Å². The minimum Gasteiger partial charge on any atom is -0.326 e. The van der Waals surface area contributed by atoms with Gasteiger partial charge in [0.15, 0.2) is 0 Å². The fourth-order valence-electron chi connectivity index (χ4n) is 2.75. The maximum absolute atomic E-state index is 12.3. The molecule has 3 N–H and O–H groups in total. The molecule has 3 amide bonds. The summed E-state index contributed by atoms with van der Waals surface area (Å²) in [6.07, 6.45) is 0. The molecule has 29 heavy (non-hydrogen) atoms. The van der Waals surface area contributed by atoms with Crippen LogP contribution in [0, 0.1) is 13.8 Å². The zero-order valence-corrected chi connectivity index (χ0v) is 17.3. The number of likely N-dealkylation sites (N-methyl/N-ethyl adjacent to an activating group) is 1. The van der Waals surface area contributed by atoms with Gasteiger partial charge >= 0.3 is 0 Å². The number of hydrogen-bond donors (Lipinski definition) is 3. The molecule has 0 aliphatic rings. The molecule has 2 aromatic carbocycles. The van der Waals surface area contributed by atoms with Crippen molar-refractivity contribution < 1.29 is 14.4 Å². The number of hydrogen-bond acceptors (Lipinski definition) is 4. The summed E-state index contributed by atoms with van der Waals surface area (Å²) in [6.45, 7) is 8.14. The quantitative estimate of drug-likeness (QED) is 0.639. The molecular formula is C22H28N4O3. The van der Waals surface area contributed by atoms with Crippen molar-refractivity contribution >= 4 is 34.8 Å². The Kier molecular flexibility index (Phi) is 7.91. The van der Waals surface area contributed by atoms with Crippen LogP contribution in [0.4, 0.5) is 17.1 Å². The van der Waals surface area contributed by atoms with Gasteiger partial charge in [-0.25, -0.2) is 0 Å². The van der Waals surface area contributed by atoms with Crippen LogP contribution in [0.5, 0.6) is 0 Å². The van der Waals surface area contributed by atoms with Crippen LogP contribution in [0.3, 0.4) is 0 Å². The Hall–Kier alpha value is -3.19. The Labute approximate surface area is 171 Å². The van der Waals surface area contributed by atoms with Gasteiger partial charge in [-0.15, -0.1) is 0 Å². The first-order valence-corrected chi connectivity index (χ1v) is 9.53. The summed E-state index contributed by atoms with van der Waals surface area (Å²) in [6, 6.07) is 12.6. The average molecular weight is 396 g/mol. The molecule has 0 unspecified atom stereocenters. The second-order valence-corrected chi connectivity index (χ2v) is 6.96. The van der Waals surface area contributed by atoms with Crippen molar-refractivity contribution in [3.63, 3.8) is 0 Å². The lowest BCUT2D eigenvalue weighted by Crippen LogP contribution is -2.38. The largest absolute Gasteiger partial charge is 0.326 e. The zero-order chi connectivity index (χ0) is 21.4. The molecule has 0 radical (unpaired) electrons. The Morgan fingerprint density at radius 3 is 1.72 bits per heavy atom. The first-order valence-electron chi connectivity index (χ1n) is 9.53. The summed E-state index contributed by atoms with van der Waals surface area (Å²) < 4.78 is 0. The van der Waals surface area contributed by atoms with Gasteiger partial charge in [0.2, 0.25) is 17.7 Å². The van der Waals surface area contributed by atoms with Gasteiger partial charge in [-0.3, -0.25) is 19.3 Å². The third-order valence-corrected chi connectivity index (χ3v) is 4.46. The zero-order valence-electron chi connectivity index (χ0n) is 17.3. The summed E-state index contributed by atoms with van der Waals surface area (Å²) in [4.78, 5) is 37.4. The number of amides is 3. The molecular weight excluding hydrogens is 368 g/mol. The monoisotopic (exact) mass is 396 g/mol. The average Bonchev–Trinajstić information content (AvgIpc) is 2.65. The van der Waals surface area contributed by atoms with Crippen LogP contribution in [0.25, 0.3) is 0 Å². The second-order valence-electron chi connectivity index (χ2n) is 6.96. The summed E-state index contributed by atoms with van der Waals surface area (Å²) in [5.74, 6) is -0.528. The number of nitrogens with zero attached hydrogens (tertiary/aromatic N) is 1. The van der Waals surface area contributed by atoms with E-state index in [9.17, 15) is 14.4 Å². The SMILES string of the molecule is CCN(CC(=O)Nc1ccc(NC(C)=O)cc1)CC(=O)Nc1ccc(C)c(C)c1. The van der Waals surface area contributed by atoms with Gasteiger partial charge < -0.3 is 16.0 Å². The molecule has 0 aliphatic heterocycles. The smallest absolute Gasteiger partial charge is 0.238 e. The molecule has 2 rings (SSSR count). The lowest BCUT2D eigenvalue weighted by Gasteiger charge is -2.19. The fraction of sp³-hybridized carbons (Fsp3) is 0.318. The summed E-state index contributed by atoms with van der Waals surface area (Å²) in [7, 11) is 0. The van der Waals surface area contributed by atoms with E-state index in [1.54, 1.807) is 29.2 Å². The lowest BCUT2D eigenvalue weighted by molar-refractivity contribution is -0.120. The fourth-order valence-corrected chi connectivity index (χ4v) is 2.75. The van der Waals surface area contributed by atoms with Crippen LogP contribution in [0.2, 0.25) is 0 Å². The number of benzene rings is 2. The van der Waals surface area contributed by atoms with Gasteiger partial charge in [0.25, 0.3) is 0 Å². The van der Waals surface area contributed by atoms with Crippen molar-refractivity contribution in [3.05, 3.63) is 53.6 Å². The van der Waals surface area contributed by atoms with Crippen LogP contribution in [0.15, 0.2) is 42.5 Å². The molecule has 0 saturated heterocycles. The Morgan fingerprint density at radius 2 is 1.24 bits per heavy atom. The van der Waals surface area contributed by atoms with E-state index in [1.165, 1.54) is 12.5 Å². The molecule has 7 heteroatoms. The third-order valence-electron chi connectivity index (χ3n) is 4.46. The van der Waals surface area contributed by atoms with Crippen LogP contribution in [-0.4, -0.2) is 42.3 Å². The number of carbonyl (C=O) groups is 3. The molecule has 0 saturated carbocycles. The highest BCUT2D eigenvalue weighted by Gasteiger charge is 2.14. The van der Waals surface area contributed by atoms with Crippen LogP contribution >= 0.6 is 0 Å². The van der Waals surface area contributed by atoms with Crippen LogP contribution in [0.1, 0.15) is 25.0 Å². The van der Waals surface area contributed by atoms with Crippen LogP contribution < -0.4 is 16.0 Å². The second kappa shape index (κ2) is 10.4. The van der Waals surface area contributed by atoms with Gasteiger partial charge in [-0.05, 0) is 67.9 Å². The Balaban J connectivity index is 1.86. The molecule has 0 aliphatic carbocycles. The van der Waals surface area contributed by atoms with E-state index < -0.39 is 0 Å². The van der Waals surface area contributed by atoms with Crippen molar-refractivity contribution in [1.82, 2.24) is 4.90 Å². The van der Waals surface area contributed by atoms with E-state index in [2.05, 4.69) is 16.0 Å². The van der Waals surface area contributed by atoms with Crippen molar-refractivity contribution in [3.8, 4) is 0 Å². The molecule has 7 nitrogen and oxygen atoms in total. The maximum atomic E-state index is 12.3. The molecule has 0 atom stereocenters. The minimum atomic E-state index is -0.210. The van der Waals surface area contributed by atoms with Gasteiger partial charge in [0, 0.05) is 24.0 Å². The summed E-state index contributed by atoms with van der Waals surface area (Å²) in [5, 5.41) is 8.34. The number of carbonyl (C=O) groups excluding carboxylic acids is 3. The molecule has 154 valence electrons. The van der Waals surface area contributed by atoms with Gasteiger partial charge in [0.05, 0.1) is 13.1 Å². The topological polar surface area (TPSA) is 90.5 Å². The standard InChI is InChI=1S/C22H28N4O3/c1-5-26(14-22(29)25-20-7-6-15(2)16(3)12-20)13-21(28)24-19-10-8-18(9-11-19)23-17(4)27/h6-12H,5,13-14H2,1-4H3,(H,23,27)(H,24,28)(H,25,29). The predicted octanol–water partition coefficient (Wildman–Crippen LogP) is 3.16. The molecule has 0 aromatic heterocycles. The van der Waals surface area contributed by atoms with E-state index >= 15 is 0 Å². The van der Waals surface area contributed by atoms with E-state index in [4.69, 9.17) is 0 Å². The minimum absolute atomic E-state index is 0.101. The third kappa shape index (κ3) is 7.38. The Morgan fingerprint density at radius 1 is 0.759 bits per heavy atom. The molecule has 2 aromatic rings. The predicted molar refractivity (Wildman–Crippen MR) is 116 cm³/mol. The van der Waals surface area contributed by atoms with E-state index in [-0.39, 0.29) is 30.8 Å². The molecule has 0 spiro atoms. The van der Waals surface area contributed by atoms with Crippen LogP contribution in [-0.2, 0) is 14.4 Å². The summed E-state index contributed by atoms with van der Waals surface area (Å²) >= 11 is 0. The van der Waals surface area contributed by atoms with Gasteiger partial charge in [-0.1, -0.05) is 13.0 Å². The van der Waals surface area contributed by atoms with E-state index in [0.717, 1.165) is 11.3 Å².